The molecule has 0 bridgehead atoms. The molecular formula is C21H15NO3. The Morgan fingerprint density at radius 1 is 0.960 bits per heavy atom. The van der Waals surface area contributed by atoms with E-state index >= 15 is 0 Å². The van der Waals surface area contributed by atoms with Gasteiger partial charge in [-0.05, 0) is 41.8 Å². The third-order valence-electron chi connectivity index (χ3n) is 4.87. The van der Waals surface area contributed by atoms with Crippen molar-refractivity contribution in [1.82, 2.24) is 4.57 Å². The summed E-state index contributed by atoms with van der Waals surface area (Å²) < 4.78 is 13.6. The third kappa shape index (κ3) is 1.79. The Balaban J connectivity index is 2.18. The number of hydrogen-bond acceptors (Lipinski definition) is 3. The molecule has 0 atom stereocenters. The second-order valence-corrected chi connectivity index (χ2v) is 6.23. The molecule has 0 N–H and O–H groups in total. The van der Waals surface area contributed by atoms with Gasteiger partial charge in [-0.3, -0.25) is 4.79 Å². The van der Waals surface area contributed by atoms with Gasteiger partial charge in [0.1, 0.15) is 16.9 Å². The maximum atomic E-state index is 13.2. The molecule has 0 spiro atoms. The summed E-state index contributed by atoms with van der Waals surface area (Å²) in [6, 6.07) is 15.3. The van der Waals surface area contributed by atoms with E-state index in [1.165, 1.54) is 0 Å². The molecule has 2 heterocycles. The first kappa shape index (κ1) is 14.1. The van der Waals surface area contributed by atoms with Gasteiger partial charge in [-0.2, -0.15) is 0 Å². The van der Waals surface area contributed by atoms with Crippen LogP contribution in [0.3, 0.4) is 0 Å². The highest BCUT2D eigenvalue weighted by atomic mass is 16.5. The zero-order chi connectivity index (χ0) is 17.1. The van der Waals surface area contributed by atoms with Crippen LogP contribution in [0, 0.1) is 0 Å². The maximum absolute atomic E-state index is 13.2. The van der Waals surface area contributed by atoms with Crippen LogP contribution < -0.4 is 10.2 Å². The number of ether oxygens (including phenoxy) is 1. The number of para-hydroxylation sites is 1. The van der Waals surface area contributed by atoms with Gasteiger partial charge in [-0.25, -0.2) is 0 Å². The first-order chi connectivity index (χ1) is 12.2. The summed E-state index contributed by atoms with van der Waals surface area (Å²) in [5.74, 6) is 0.778. The van der Waals surface area contributed by atoms with Crippen LogP contribution in [-0.2, 0) is 7.05 Å². The SMILES string of the molecule is COc1ccc2c(c1)c1ccn(C)c1c1c(=O)c3ccccc3oc21. The molecule has 0 aliphatic rings. The summed E-state index contributed by atoms with van der Waals surface area (Å²) in [5, 5.41) is 4.17. The molecule has 0 aliphatic heterocycles. The van der Waals surface area contributed by atoms with Gasteiger partial charge in [0.05, 0.1) is 23.4 Å². The lowest BCUT2D eigenvalue weighted by atomic mass is 10.0. The van der Waals surface area contributed by atoms with Crippen LogP contribution >= 0.6 is 0 Å². The average molecular weight is 329 g/mol. The summed E-state index contributed by atoms with van der Waals surface area (Å²) in [7, 11) is 3.60. The highest BCUT2D eigenvalue weighted by Crippen LogP contribution is 2.36. The van der Waals surface area contributed by atoms with Crippen molar-refractivity contribution < 1.29 is 9.15 Å². The van der Waals surface area contributed by atoms with Gasteiger partial charge in [0, 0.05) is 24.0 Å². The first-order valence-electron chi connectivity index (χ1n) is 8.09. The Morgan fingerprint density at radius 3 is 2.64 bits per heavy atom. The lowest BCUT2D eigenvalue weighted by molar-refractivity contribution is 0.415. The molecule has 3 aromatic carbocycles. The fourth-order valence-corrected chi connectivity index (χ4v) is 3.68. The Hall–Kier alpha value is -3.27. The van der Waals surface area contributed by atoms with Crippen molar-refractivity contribution >= 4 is 43.6 Å². The molecule has 2 aromatic heterocycles. The molecule has 0 fully saturated rings. The molecule has 0 aliphatic carbocycles. The van der Waals surface area contributed by atoms with Gasteiger partial charge in [0.25, 0.3) is 0 Å². The molecule has 5 rings (SSSR count). The average Bonchev–Trinajstić information content (AvgIpc) is 3.03. The van der Waals surface area contributed by atoms with E-state index in [1.54, 1.807) is 7.11 Å². The van der Waals surface area contributed by atoms with Crippen LogP contribution in [0.25, 0.3) is 43.6 Å². The summed E-state index contributed by atoms with van der Waals surface area (Å²) in [6.07, 6.45) is 1.97. The number of hydrogen-bond donors (Lipinski definition) is 0. The van der Waals surface area contributed by atoms with Crippen molar-refractivity contribution in [2.24, 2.45) is 7.05 Å². The number of aryl methyl sites for hydroxylation is 1. The van der Waals surface area contributed by atoms with Gasteiger partial charge in [0.2, 0.25) is 5.43 Å². The normalized spacial score (nSPS) is 11.8. The monoisotopic (exact) mass is 329 g/mol. The van der Waals surface area contributed by atoms with Gasteiger partial charge in [-0.15, -0.1) is 0 Å². The molecule has 25 heavy (non-hydrogen) atoms. The van der Waals surface area contributed by atoms with Crippen molar-refractivity contribution in [3.63, 3.8) is 0 Å². The van der Waals surface area contributed by atoms with Crippen LogP contribution in [0.5, 0.6) is 5.75 Å². The Kier molecular flexibility index (Phi) is 2.74. The van der Waals surface area contributed by atoms with Crippen LogP contribution in [0.2, 0.25) is 0 Å². The van der Waals surface area contributed by atoms with Gasteiger partial charge in [0.15, 0.2) is 0 Å². The van der Waals surface area contributed by atoms with E-state index in [4.69, 9.17) is 9.15 Å². The molecule has 4 nitrogen and oxygen atoms in total. The minimum Gasteiger partial charge on any atom is -0.497 e. The smallest absolute Gasteiger partial charge is 0.202 e. The van der Waals surface area contributed by atoms with E-state index in [1.807, 2.05) is 66.3 Å². The number of nitrogens with zero attached hydrogens (tertiary/aromatic N) is 1. The topological polar surface area (TPSA) is 44.4 Å². The van der Waals surface area contributed by atoms with Crippen molar-refractivity contribution in [2.45, 2.75) is 0 Å². The van der Waals surface area contributed by atoms with Crippen molar-refractivity contribution in [1.29, 1.82) is 0 Å². The fraction of sp³-hybridized carbons (Fsp3) is 0.0952. The minimum atomic E-state index is 0.00127. The predicted molar refractivity (Wildman–Crippen MR) is 101 cm³/mol. The number of methoxy groups -OCH3 is 1. The molecular weight excluding hydrogens is 314 g/mol. The molecule has 0 amide bonds. The second kappa shape index (κ2) is 4.86. The summed E-state index contributed by atoms with van der Waals surface area (Å²) in [4.78, 5) is 13.2. The molecule has 0 saturated carbocycles. The summed E-state index contributed by atoms with van der Waals surface area (Å²) in [5.41, 5.74) is 2.11. The van der Waals surface area contributed by atoms with Gasteiger partial charge >= 0.3 is 0 Å². The van der Waals surface area contributed by atoms with E-state index in [0.29, 0.717) is 21.9 Å². The van der Waals surface area contributed by atoms with Crippen LogP contribution in [0.1, 0.15) is 0 Å². The molecule has 4 heteroatoms. The molecule has 0 saturated heterocycles. The van der Waals surface area contributed by atoms with Crippen molar-refractivity contribution in [3.8, 4) is 5.75 Å². The predicted octanol–water partition coefficient (Wildman–Crippen LogP) is 4.60. The summed E-state index contributed by atoms with van der Waals surface area (Å²) in [6.45, 7) is 0. The van der Waals surface area contributed by atoms with Crippen LogP contribution in [0.4, 0.5) is 0 Å². The molecule has 0 radical (unpaired) electrons. The summed E-state index contributed by atoms with van der Waals surface area (Å²) >= 11 is 0. The van der Waals surface area contributed by atoms with Crippen molar-refractivity contribution in [2.75, 3.05) is 7.11 Å². The zero-order valence-electron chi connectivity index (χ0n) is 13.9. The standard InChI is InChI=1S/C21H15NO3/c1-22-10-9-13-16-11-12(24-2)7-8-14(16)21-18(19(13)22)20(23)15-5-3-4-6-17(15)25-21/h3-11H,1-2H3. The highest BCUT2D eigenvalue weighted by Gasteiger charge is 2.18. The van der Waals surface area contributed by atoms with E-state index in [2.05, 4.69) is 0 Å². The van der Waals surface area contributed by atoms with E-state index in [9.17, 15) is 4.79 Å². The van der Waals surface area contributed by atoms with Crippen LogP contribution in [0.15, 0.2) is 63.9 Å². The third-order valence-corrected chi connectivity index (χ3v) is 4.87. The molecule has 5 aromatic rings. The van der Waals surface area contributed by atoms with E-state index < -0.39 is 0 Å². The lowest BCUT2D eigenvalue weighted by Crippen LogP contribution is -2.04. The quantitative estimate of drug-likeness (QED) is 0.333. The molecule has 0 unspecified atom stereocenters. The Bertz CT molecular complexity index is 1360. The van der Waals surface area contributed by atoms with Gasteiger partial charge < -0.3 is 13.7 Å². The molecule has 122 valence electrons. The van der Waals surface area contributed by atoms with Gasteiger partial charge in [-0.1, -0.05) is 12.1 Å². The lowest BCUT2D eigenvalue weighted by Gasteiger charge is -2.10. The highest BCUT2D eigenvalue weighted by molar-refractivity contribution is 6.24. The van der Waals surface area contributed by atoms with Crippen LogP contribution in [-0.4, -0.2) is 11.7 Å². The van der Waals surface area contributed by atoms with E-state index in [0.717, 1.165) is 27.4 Å². The number of rotatable bonds is 1. The number of benzene rings is 3. The Labute approximate surface area is 142 Å². The number of aromatic nitrogens is 1. The largest absolute Gasteiger partial charge is 0.497 e. The number of fused-ring (bicyclic) bond motifs is 7. The van der Waals surface area contributed by atoms with E-state index in [-0.39, 0.29) is 5.43 Å². The Morgan fingerprint density at radius 2 is 1.80 bits per heavy atom. The fourth-order valence-electron chi connectivity index (χ4n) is 3.68. The zero-order valence-corrected chi connectivity index (χ0v) is 13.9. The first-order valence-corrected chi connectivity index (χ1v) is 8.09. The van der Waals surface area contributed by atoms with Crippen molar-refractivity contribution in [3.05, 3.63) is 65.0 Å². The maximum Gasteiger partial charge on any atom is 0.202 e. The second-order valence-electron chi connectivity index (χ2n) is 6.23. The minimum absolute atomic E-state index is 0.00127.